The average molecular weight is 377 g/mol. The fourth-order valence-electron chi connectivity index (χ4n) is 3.10. The summed E-state index contributed by atoms with van der Waals surface area (Å²) in [6, 6.07) is 19.6. The van der Waals surface area contributed by atoms with E-state index >= 15 is 0 Å². The molecule has 0 amide bonds. The summed E-state index contributed by atoms with van der Waals surface area (Å²) in [5.74, 6) is -0.328. The molecule has 27 heavy (non-hydrogen) atoms. The Morgan fingerprint density at radius 3 is 2.33 bits per heavy atom. The first-order valence-corrected chi connectivity index (χ1v) is 9.03. The van der Waals surface area contributed by atoms with Crippen LogP contribution >= 0.6 is 11.3 Å². The SMILES string of the molecule is COc1ccc(-c2c(C(=O)O)sc3c2ccc(=O)n3-c2ccccc2)cc1. The van der Waals surface area contributed by atoms with Crippen molar-refractivity contribution < 1.29 is 14.6 Å². The number of fused-ring (bicyclic) bond motifs is 1. The second kappa shape index (κ2) is 6.74. The van der Waals surface area contributed by atoms with E-state index < -0.39 is 5.97 Å². The minimum Gasteiger partial charge on any atom is -0.497 e. The van der Waals surface area contributed by atoms with Gasteiger partial charge < -0.3 is 9.84 Å². The van der Waals surface area contributed by atoms with Gasteiger partial charge in [0, 0.05) is 17.0 Å². The summed E-state index contributed by atoms with van der Waals surface area (Å²) >= 11 is 1.10. The molecule has 1 N–H and O–H groups in total. The van der Waals surface area contributed by atoms with Gasteiger partial charge in [0.1, 0.15) is 15.5 Å². The number of hydrogen-bond acceptors (Lipinski definition) is 4. The monoisotopic (exact) mass is 377 g/mol. The molecule has 4 rings (SSSR count). The van der Waals surface area contributed by atoms with E-state index in [1.54, 1.807) is 29.9 Å². The Morgan fingerprint density at radius 1 is 1.00 bits per heavy atom. The molecular weight excluding hydrogens is 362 g/mol. The van der Waals surface area contributed by atoms with Gasteiger partial charge in [0.25, 0.3) is 5.56 Å². The zero-order valence-electron chi connectivity index (χ0n) is 14.4. The summed E-state index contributed by atoms with van der Waals surface area (Å²) in [6.07, 6.45) is 0. The van der Waals surface area contributed by atoms with E-state index in [0.717, 1.165) is 22.3 Å². The molecule has 6 heteroatoms. The Morgan fingerprint density at radius 2 is 1.70 bits per heavy atom. The first kappa shape index (κ1) is 17.1. The van der Waals surface area contributed by atoms with Crippen LogP contribution in [0.1, 0.15) is 9.67 Å². The Hall–Kier alpha value is -3.38. The maximum absolute atomic E-state index is 12.5. The van der Waals surface area contributed by atoms with E-state index in [1.807, 2.05) is 42.5 Å². The molecule has 5 nitrogen and oxygen atoms in total. The number of ether oxygens (including phenoxy) is 1. The zero-order chi connectivity index (χ0) is 19.0. The molecular formula is C21H15NO4S. The number of thiophene rings is 1. The van der Waals surface area contributed by atoms with Gasteiger partial charge in [-0.2, -0.15) is 0 Å². The van der Waals surface area contributed by atoms with Crippen molar-refractivity contribution >= 4 is 27.5 Å². The van der Waals surface area contributed by atoms with Crippen LogP contribution in [0.3, 0.4) is 0 Å². The van der Waals surface area contributed by atoms with Crippen LogP contribution in [0.5, 0.6) is 5.75 Å². The van der Waals surface area contributed by atoms with E-state index in [9.17, 15) is 14.7 Å². The summed E-state index contributed by atoms with van der Waals surface area (Å²) < 4.78 is 6.74. The number of benzene rings is 2. The Labute approximate surface area is 158 Å². The zero-order valence-corrected chi connectivity index (χ0v) is 15.2. The lowest BCUT2D eigenvalue weighted by Gasteiger charge is -2.08. The molecule has 0 saturated carbocycles. The predicted molar refractivity (Wildman–Crippen MR) is 106 cm³/mol. The van der Waals surface area contributed by atoms with Gasteiger partial charge in [0.2, 0.25) is 0 Å². The average Bonchev–Trinajstić information content (AvgIpc) is 3.08. The fourth-order valence-corrected chi connectivity index (χ4v) is 4.28. The Bertz CT molecular complexity index is 1190. The Kier molecular flexibility index (Phi) is 4.25. The molecule has 0 aliphatic rings. The van der Waals surface area contributed by atoms with Crippen molar-refractivity contribution in [2.45, 2.75) is 0 Å². The van der Waals surface area contributed by atoms with E-state index in [-0.39, 0.29) is 10.4 Å². The maximum Gasteiger partial charge on any atom is 0.346 e. The molecule has 2 aromatic heterocycles. The van der Waals surface area contributed by atoms with Crippen LogP contribution in [-0.2, 0) is 0 Å². The number of carboxylic acids is 1. The molecule has 0 fully saturated rings. The summed E-state index contributed by atoms with van der Waals surface area (Å²) in [7, 11) is 1.58. The van der Waals surface area contributed by atoms with Gasteiger partial charge in [0.15, 0.2) is 0 Å². The highest BCUT2D eigenvalue weighted by Crippen LogP contribution is 2.39. The maximum atomic E-state index is 12.5. The first-order valence-electron chi connectivity index (χ1n) is 8.22. The van der Waals surface area contributed by atoms with Gasteiger partial charge in [-0.3, -0.25) is 9.36 Å². The summed E-state index contributed by atoms with van der Waals surface area (Å²) in [4.78, 5) is 25.3. The van der Waals surface area contributed by atoms with Gasteiger partial charge >= 0.3 is 5.97 Å². The van der Waals surface area contributed by atoms with Crippen molar-refractivity contribution in [1.29, 1.82) is 0 Å². The third-order valence-electron chi connectivity index (χ3n) is 4.33. The lowest BCUT2D eigenvalue weighted by atomic mass is 10.0. The van der Waals surface area contributed by atoms with Crippen molar-refractivity contribution in [2.24, 2.45) is 0 Å². The second-order valence-electron chi connectivity index (χ2n) is 5.90. The fraction of sp³-hybridized carbons (Fsp3) is 0.0476. The number of carbonyl (C=O) groups is 1. The number of pyridine rings is 1. The molecule has 0 spiro atoms. The van der Waals surface area contributed by atoms with Gasteiger partial charge in [-0.1, -0.05) is 30.3 Å². The molecule has 0 atom stereocenters. The minimum absolute atomic E-state index is 0.199. The number of nitrogens with zero attached hydrogens (tertiary/aromatic N) is 1. The molecule has 2 aromatic carbocycles. The van der Waals surface area contributed by atoms with Gasteiger partial charge in [-0.25, -0.2) is 4.79 Å². The second-order valence-corrected chi connectivity index (χ2v) is 6.90. The quantitative estimate of drug-likeness (QED) is 0.571. The number of carboxylic acid groups (broad SMARTS) is 1. The normalized spacial score (nSPS) is 10.9. The lowest BCUT2D eigenvalue weighted by Crippen LogP contribution is -2.16. The first-order chi connectivity index (χ1) is 13.1. The van der Waals surface area contributed by atoms with Crippen molar-refractivity contribution in [1.82, 2.24) is 4.57 Å². The number of aromatic carboxylic acids is 1. The molecule has 0 bridgehead atoms. The standard InChI is InChI=1S/C21H15NO4S/c1-26-15-9-7-13(8-10-15)18-16-11-12-17(23)22(14-5-3-2-4-6-14)20(16)27-19(18)21(24)25/h2-12H,1H3,(H,24,25). The van der Waals surface area contributed by atoms with Crippen molar-refractivity contribution in [3.8, 4) is 22.6 Å². The Balaban J connectivity index is 2.06. The lowest BCUT2D eigenvalue weighted by molar-refractivity contribution is 0.0703. The highest BCUT2D eigenvalue weighted by molar-refractivity contribution is 7.21. The highest BCUT2D eigenvalue weighted by Gasteiger charge is 2.22. The van der Waals surface area contributed by atoms with E-state index in [0.29, 0.717) is 21.8 Å². The molecule has 0 saturated heterocycles. The number of methoxy groups -OCH3 is 1. The molecule has 4 aromatic rings. The van der Waals surface area contributed by atoms with E-state index in [2.05, 4.69) is 0 Å². The predicted octanol–water partition coefficient (Wildman–Crippen LogP) is 4.43. The van der Waals surface area contributed by atoms with Crippen LogP contribution in [-0.4, -0.2) is 22.8 Å². The van der Waals surface area contributed by atoms with Crippen LogP contribution in [0.2, 0.25) is 0 Å². The topological polar surface area (TPSA) is 68.5 Å². The molecule has 2 heterocycles. The number of aromatic nitrogens is 1. The third kappa shape index (κ3) is 2.90. The molecule has 134 valence electrons. The summed E-state index contributed by atoms with van der Waals surface area (Å²) in [5.41, 5.74) is 1.87. The van der Waals surface area contributed by atoms with Crippen molar-refractivity contribution in [3.05, 3.63) is 82.0 Å². The number of rotatable bonds is 4. The smallest absolute Gasteiger partial charge is 0.346 e. The molecule has 0 aliphatic carbocycles. The highest BCUT2D eigenvalue weighted by atomic mass is 32.1. The van der Waals surface area contributed by atoms with Gasteiger partial charge in [-0.15, -0.1) is 11.3 Å². The van der Waals surface area contributed by atoms with Crippen molar-refractivity contribution in [3.63, 3.8) is 0 Å². The van der Waals surface area contributed by atoms with Gasteiger partial charge in [0.05, 0.1) is 12.8 Å². The van der Waals surface area contributed by atoms with Crippen LogP contribution in [0, 0.1) is 0 Å². The van der Waals surface area contributed by atoms with Crippen LogP contribution < -0.4 is 10.3 Å². The summed E-state index contributed by atoms with van der Waals surface area (Å²) in [6.45, 7) is 0. The van der Waals surface area contributed by atoms with Crippen LogP contribution in [0.25, 0.3) is 27.0 Å². The molecule has 0 radical (unpaired) electrons. The van der Waals surface area contributed by atoms with E-state index in [4.69, 9.17) is 4.74 Å². The van der Waals surface area contributed by atoms with Crippen LogP contribution in [0.15, 0.2) is 71.5 Å². The summed E-state index contributed by atoms with van der Waals surface area (Å²) in [5, 5.41) is 10.5. The van der Waals surface area contributed by atoms with E-state index in [1.165, 1.54) is 6.07 Å². The van der Waals surface area contributed by atoms with Crippen molar-refractivity contribution in [2.75, 3.05) is 7.11 Å². The number of para-hydroxylation sites is 1. The minimum atomic E-state index is -1.02. The molecule has 0 aliphatic heterocycles. The number of hydrogen-bond donors (Lipinski definition) is 1. The third-order valence-corrected chi connectivity index (χ3v) is 5.51. The van der Waals surface area contributed by atoms with Crippen LogP contribution in [0.4, 0.5) is 0 Å². The molecule has 0 unspecified atom stereocenters. The largest absolute Gasteiger partial charge is 0.497 e. The van der Waals surface area contributed by atoms with Gasteiger partial charge in [-0.05, 0) is 35.9 Å².